The fourth-order valence-corrected chi connectivity index (χ4v) is 2.40. The van der Waals surface area contributed by atoms with E-state index < -0.39 is 6.10 Å². The third-order valence-corrected chi connectivity index (χ3v) is 3.73. The summed E-state index contributed by atoms with van der Waals surface area (Å²) in [6, 6.07) is 13.3. The first-order valence-electron chi connectivity index (χ1n) is 7.52. The molecule has 0 spiro atoms. The average molecular weight is 336 g/mol. The molecule has 2 aromatic carbocycles. The Morgan fingerprint density at radius 2 is 1.87 bits per heavy atom. The van der Waals surface area contributed by atoms with Crippen molar-refractivity contribution >= 4 is 11.6 Å². The van der Waals surface area contributed by atoms with Crippen molar-refractivity contribution in [1.82, 2.24) is 5.32 Å². The Morgan fingerprint density at radius 3 is 2.57 bits per heavy atom. The van der Waals surface area contributed by atoms with Gasteiger partial charge < -0.3 is 19.9 Å². The van der Waals surface area contributed by atoms with E-state index in [9.17, 15) is 5.11 Å². The molecule has 0 saturated heterocycles. The average Bonchev–Trinajstić information content (AvgIpc) is 2.54. The molecular formula is C18H22ClNO3. The number of aliphatic hydroxyl groups is 1. The maximum atomic E-state index is 9.35. The summed E-state index contributed by atoms with van der Waals surface area (Å²) >= 11 is 6.17. The van der Waals surface area contributed by atoms with Gasteiger partial charge in [-0.25, -0.2) is 0 Å². The summed E-state index contributed by atoms with van der Waals surface area (Å²) < 4.78 is 11.4. The molecule has 0 saturated carbocycles. The van der Waals surface area contributed by atoms with Gasteiger partial charge in [-0.15, -0.1) is 0 Å². The number of nitrogens with one attached hydrogen (secondary N) is 1. The molecule has 2 N–H and O–H groups in total. The minimum atomic E-state index is -0.395. The number of benzene rings is 2. The second-order valence-electron chi connectivity index (χ2n) is 5.31. The van der Waals surface area contributed by atoms with Gasteiger partial charge in [-0.05, 0) is 19.1 Å². The second-order valence-corrected chi connectivity index (χ2v) is 5.72. The number of methoxy groups -OCH3 is 1. The van der Waals surface area contributed by atoms with E-state index in [4.69, 9.17) is 21.1 Å². The van der Waals surface area contributed by atoms with E-state index in [0.717, 1.165) is 11.1 Å². The highest BCUT2D eigenvalue weighted by Crippen LogP contribution is 2.32. The molecule has 23 heavy (non-hydrogen) atoms. The summed E-state index contributed by atoms with van der Waals surface area (Å²) in [5.74, 6) is 1.36. The van der Waals surface area contributed by atoms with Gasteiger partial charge in [0.2, 0.25) is 0 Å². The van der Waals surface area contributed by atoms with E-state index in [1.54, 1.807) is 14.0 Å². The number of hydrogen-bond acceptors (Lipinski definition) is 4. The fraction of sp³-hybridized carbons (Fsp3) is 0.333. The normalized spacial score (nSPS) is 12.0. The van der Waals surface area contributed by atoms with Crippen LogP contribution in [0.5, 0.6) is 11.5 Å². The van der Waals surface area contributed by atoms with E-state index in [0.29, 0.717) is 36.2 Å². The molecule has 4 nitrogen and oxygen atoms in total. The smallest absolute Gasteiger partial charge is 0.166 e. The highest BCUT2D eigenvalue weighted by Gasteiger charge is 2.12. The van der Waals surface area contributed by atoms with E-state index in [2.05, 4.69) is 5.32 Å². The molecule has 0 bridgehead atoms. The first kappa shape index (κ1) is 17.6. The molecule has 124 valence electrons. The zero-order valence-electron chi connectivity index (χ0n) is 13.4. The van der Waals surface area contributed by atoms with Crippen molar-refractivity contribution in [2.24, 2.45) is 0 Å². The Labute approximate surface area is 142 Å². The quantitative estimate of drug-likeness (QED) is 0.776. The van der Waals surface area contributed by atoms with Crippen molar-refractivity contribution in [2.45, 2.75) is 26.2 Å². The van der Waals surface area contributed by atoms with Crippen molar-refractivity contribution in [2.75, 3.05) is 13.7 Å². The maximum Gasteiger partial charge on any atom is 0.166 e. The van der Waals surface area contributed by atoms with Crippen LogP contribution in [-0.4, -0.2) is 24.9 Å². The monoisotopic (exact) mass is 335 g/mol. The lowest BCUT2D eigenvalue weighted by molar-refractivity contribution is 0.190. The lowest BCUT2D eigenvalue weighted by atomic mass is 10.1. The van der Waals surface area contributed by atoms with Gasteiger partial charge in [0, 0.05) is 29.2 Å². The van der Waals surface area contributed by atoms with Crippen molar-refractivity contribution in [1.29, 1.82) is 0 Å². The van der Waals surface area contributed by atoms with Gasteiger partial charge in [0.25, 0.3) is 0 Å². The van der Waals surface area contributed by atoms with Gasteiger partial charge in [-0.1, -0.05) is 41.9 Å². The van der Waals surface area contributed by atoms with Gasteiger partial charge in [-0.3, -0.25) is 0 Å². The van der Waals surface area contributed by atoms with Crippen LogP contribution >= 0.6 is 11.6 Å². The molecule has 0 aromatic heterocycles. The Hall–Kier alpha value is -1.75. The van der Waals surface area contributed by atoms with Crippen LogP contribution in [0.1, 0.15) is 18.1 Å². The van der Waals surface area contributed by atoms with Crippen LogP contribution in [0.2, 0.25) is 5.02 Å². The molecule has 0 amide bonds. The molecule has 0 aliphatic heterocycles. The SMILES string of the molecule is COc1cccc(CNC[C@H](C)O)c1OCc1ccccc1Cl. The van der Waals surface area contributed by atoms with Crippen LogP contribution in [0.3, 0.4) is 0 Å². The highest BCUT2D eigenvalue weighted by atomic mass is 35.5. The molecule has 2 aromatic rings. The van der Waals surface area contributed by atoms with Gasteiger partial charge in [-0.2, -0.15) is 0 Å². The molecule has 0 heterocycles. The Balaban J connectivity index is 2.13. The maximum absolute atomic E-state index is 9.35. The van der Waals surface area contributed by atoms with Crippen LogP contribution in [-0.2, 0) is 13.2 Å². The largest absolute Gasteiger partial charge is 0.493 e. The van der Waals surface area contributed by atoms with Gasteiger partial charge >= 0.3 is 0 Å². The standard InChI is InChI=1S/C18H22ClNO3/c1-13(21)10-20-11-14-7-5-9-17(22-2)18(14)23-12-15-6-3-4-8-16(15)19/h3-9,13,20-21H,10-12H2,1-2H3/t13-/m0/s1. The lowest BCUT2D eigenvalue weighted by Crippen LogP contribution is -2.24. The fourth-order valence-electron chi connectivity index (χ4n) is 2.21. The van der Waals surface area contributed by atoms with E-state index in [1.165, 1.54) is 0 Å². The van der Waals surface area contributed by atoms with Crippen LogP contribution in [0.15, 0.2) is 42.5 Å². The second kappa shape index (κ2) is 8.77. The van der Waals surface area contributed by atoms with E-state index >= 15 is 0 Å². The number of halogens is 1. The van der Waals surface area contributed by atoms with Gasteiger partial charge in [0.1, 0.15) is 6.61 Å². The molecule has 0 radical (unpaired) electrons. The van der Waals surface area contributed by atoms with Crippen molar-refractivity contribution in [3.05, 3.63) is 58.6 Å². The van der Waals surface area contributed by atoms with Crippen LogP contribution in [0.4, 0.5) is 0 Å². The number of ether oxygens (including phenoxy) is 2. The number of hydrogen-bond donors (Lipinski definition) is 2. The van der Waals surface area contributed by atoms with Gasteiger partial charge in [0.05, 0.1) is 13.2 Å². The first-order valence-corrected chi connectivity index (χ1v) is 7.90. The van der Waals surface area contributed by atoms with Gasteiger partial charge in [0.15, 0.2) is 11.5 Å². The lowest BCUT2D eigenvalue weighted by Gasteiger charge is -2.16. The first-order chi connectivity index (χ1) is 11.1. The zero-order chi connectivity index (χ0) is 16.7. The molecule has 0 aliphatic rings. The highest BCUT2D eigenvalue weighted by molar-refractivity contribution is 6.31. The number of para-hydroxylation sites is 1. The topological polar surface area (TPSA) is 50.7 Å². The molecule has 0 fully saturated rings. The summed E-state index contributed by atoms with van der Waals surface area (Å²) in [6.07, 6.45) is -0.395. The minimum Gasteiger partial charge on any atom is -0.493 e. The molecule has 5 heteroatoms. The van der Waals surface area contributed by atoms with Crippen LogP contribution in [0.25, 0.3) is 0 Å². The Morgan fingerprint density at radius 1 is 1.13 bits per heavy atom. The predicted molar refractivity (Wildman–Crippen MR) is 92.2 cm³/mol. The summed E-state index contributed by atoms with van der Waals surface area (Å²) in [6.45, 7) is 3.21. The van der Waals surface area contributed by atoms with Crippen molar-refractivity contribution < 1.29 is 14.6 Å². The zero-order valence-corrected chi connectivity index (χ0v) is 14.1. The van der Waals surface area contributed by atoms with Crippen LogP contribution < -0.4 is 14.8 Å². The van der Waals surface area contributed by atoms with Crippen molar-refractivity contribution in [3.63, 3.8) is 0 Å². The molecular weight excluding hydrogens is 314 g/mol. The van der Waals surface area contributed by atoms with E-state index in [-0.39, 0.29) is 0 Å². The summed E-state index contributed by atoms with van der Waals surface area (Å²) in [5.41, 5.74) is 1.89. The van der Waals surface area contributed by atoms with E-state index in [1.807, 2.05) is 42.5 Å². The predicted octanol–water partition coefficient (Wildman–Crippen LogP) is 3.40. The molecule has 1 atom stereocenters. The molecule has 0 unspecified atom stereocenters. The van der Waals surface area contributed by atoms with Crippen LogP contribution in [0, 0.1) is 0 Å². The number of rotatable bonds is 8. The summed E-state index contributed by atoms with van der Waals surface area (Å²) in [7, 11) is 1.62. The summed E-state index contributed by atoms with van der Waals surface area (Å²) in [5, 5.41) is 13.2. The molecule has 0 aliphatic carbocycles. The van der Waals surface area contributed by atoms with Crippen molar-refractivity contribution in [3.8, 4) is 11.5 Å². The minimum absolute atomic E-state index is 0.365. The third-order valence-electron chi connectivity index (χ3n) is 3.37. The number of aliphatic hydroxyl groups excluding tert-OH is 1. The Kier molecular flexibility index (Phi) is 6.71. The summed E-state index contributed by atoms with van der Waals surface area (Å²) in [4.78, 5) is 0. The Bertz CT molecular complexity index is 631. The molecule has 2 rings (SSSR count). The third kappa shape index (κ3) is 5.13.